The molecule has 29 heavy (non-hydrogen) atoms. The van der Waals surface area contributed by atoms with Crippen molar-refractivity contribution < 1.29 is 23.1 Å². The number of carbonyl (C=O) groups excluding carboxylic acids is 1. The Bertz CT molecular complexity index is 1150. The van der Waals surface area contributed by atoms with Crippen LogP contribution in [-0.2, 0) is 21.1 Å². The summed E-state index contributed by atoms with van der Waals surface area (Å²) in [5.74, 6) is -1.34. The van der Waals surface area contributed by atoms with Crippen LogP contribution in [0.5, 0.6) is 0 Å². The molecule has 150 valence electrons. The van der Waals surface area contributed by atoms with E-state index in [0.717, 1.165) is 11.1 Å². The van der Waals surface area contributed by atoms with Gasteiger partial charge in [0.05, 0.1) is 16.1 Å². The number of hydrogen-bond donors (Lipinski definition) is 2. The van der Waals surface area contributed by atoms with Gasteiger partial charge in [0.15, 0.2) is 9.84 Å². The summed E-state index contributed by atoms with van der Waals surface area (Å²) in [6, 6.07) is 14.2. The number of benzene rings is 2. The fourth-order valence-electron chi connectivity index (χ4n) is 2.91. The number of anilines is 1. The Morgan fingerprint density at radius 3 is 2.38 bits per heavy atom. The van der Waals surface area contributed by atoms with E-state index in [1.807, 2.05) is 24.3 Å². The van der Waals surface area contributed by atoms with E-state index in [1.54, 1.807) is 29.6 Å². The zero-order valence-electron chi connectivity index (χ0n) is 15.6. The van der Waals surface area contributed by atoms with Crippen molar-refractivity contribution in [3.05, 3.63) is 70.4 Å². The summed E-state index contributed by atoms with van der Waals surface area (Å²) in [7, 11) is -3.34. The number of carbonyl (C=O) groups is 2. The molecule has 0 bridgehead atoms. The second kappa shape index (κ2) is 8.59. The molecule has 6 nitrogen and oxygen atoms in total. The molecule has 8 heteroatoms. The largest absolute Gasteiger partial charge is 0.478 e. The summed E-state index contributed by atoms with van der Waals surface area (Å²) in [6.45, 7) is 0. The molecule has 0 aliphatic rings. The first kappa shape index (κ1) is 20.8. The molecule has 0 fully saturated rings. The maximum atomic E-state index is 12.1. The quantitative estimate of drug-likeness (QED) is 0.589. The van der Waals surface area contributed by atoms with E-state index < -0.39 is 15.8 Å². The number of amides is 1. The Morgan fingerprint density at radius 1 is 1.03 bits per heavy atom. The number of aryl methyl sites for hydroxylation is 1. The number of rotatable bonds is 7. The van der Waals surface area contributed by atoms with Crippen LogP contribution in [0.15, 0.2) is 64.2 Å². The van der Waals surface area contributed by atoms with Crippen molar-refractivity contribution in [2.45, 2.75) is 17.7 Å². The minimum atomic E-state index is -3.34. The molecular formula is C21H19NO5S2. The molecule has 0 atom stereocenters. The normalized spacial score (nSPS) is 11.2. The summed E-state index contributed by atoms with van der Waals surface area (Å²) in [6.07, 6.45) is 1.86. The average molecular weight is 430 g/mol. The summed E-state index contributed by atoms with van der Waals surface area (Å²) >= 11 is 1.21. The van der Waals surface area contributed by atoms with Gasteiger partial charge in [-0.2, -0.15) is 0 Å². The van der Waals surface area contributed by atoms with Crippen molar-refractivity contribution in [1.29, 1.82) is 0 Å². The third-order valence-corrected chi connectivity index (χ3v) is 6.26. The maximum absolute atomic E-state index is 12.1. The molecule has 0 spiro atoms. The summed E-state index contributed by atoms with van der Waals surface area (Å²) in [4.78, 5) is 23.5. The van der Waals surface area contributed by atoms with Crippen LogP contribution in [0.2, 0.25) is 0 Å². The molecule has 0 saturated carbocycles. The van der Waals surface area contributed by atoms with Gasteiger partial charge in [-0.25, -0.2) is 13.2 Å². The van der Waals surface area contributed by atoms with E-state index in [-0.39, 0.29) is 22.8 Å². The van der Waals surface area contributed by atoms with E-state index in [0.29, 0.717) is 17.7 Å². The molecule has 3 rings (SSSR count). The second-order valence-corrected chi connectivity index (χ2v) is 9.25. The summed E-state index contributed by atoms with van der Waals surface area (Å²) < 4.78 is 24.0. The monoisotopic (exact) mass is 429 g/mol. The lowest BCUT2D eigenvalue weighted by Gasteiger charge is -2.09. The molecule has 1 aromatic heterocycles. The zero-order chi connectivity index (χ0) is 21.0. The van der Waals surface area contributed by atoms with Crippen LogP contribution >= 0.6 is 11.3 Å². The molecular weight excluding hydrogens is 410 g/mol. The van der Waals surface area contributed by atoms with Gasteiger partial charge in [0.1, 0.15) is 0 Å². The van der Waals surface area contributed by atoms with Crippen molar-refractivity contribution in [2.75, 3.05) is 11.6 Å². The number of hydrogen-bond acceptors (Lipinski definition) is 5. The molecule has 0 radical (unpaired) electrons. The lowest BCUT2D eigenvalue weighted by Crippen LogP contribution is -2.14. The fourth-order valence-corrected chi connectivity index (χ4v) is 4.57. The molecule has 0 aliphatic heterocycles. The van der Waals surface area contributed by atoms with Crippen molar-refractivity contribution in [3.8, 4) is 11.1 Å². The molecule has 2 aromatic carbocycles. The predicted molar refractivity (Wildman–Crippen MR) is 113 cm³/mol. The second-order valence-electron chi connectivity index (χ2n) is 6.52. The van der Waals surface area contributed by atoms with Gasteiger partial charge in [0.2, 0.25) is 5.91 Å². The molecule has 0 aliphatic carbocycles. The van der Waals surface area contributed by atoms with Crippen molar-refractivity contribution in [2.24, 2.45) is 0 Å². The van der Waals surface area contributed by atoms with Crippen LogP contribution in [0.3, 0.4) is 0 Å². The Kier molecular flexibility index (Phi) is 6.14. The minimum absolute atomic E-state index is 0.0808. The Balaban J connectivity index is 1.67. The van der Waals surface area contributed by atoms with Gasteiger partial charge in [-0.3, -0.25) is 4.79 Å². The van der Waals surface area contributed by atoms with Crippen molar-refractivity contribution in [3.63, 3.8) is 0 Å². The third-order valence-electron chi connectivity index (χ3n) is 4.36. The highest BCUT2D eigenvalue weighted by atomic mass is 32.2. The SMILES string of the molecule is CS(=O)(=O)c1ccccc1-c1ccc(CCC(=O)Nc2cscc2C(=O)O)cc1. The Morgan fingerprint density at radius 2 is 1.72 bits per heavy atom. The Labute approximate surface area is 172 Å². The first-order valence-electron chi connectivity index (χ1n) is 8.73. The summed E-state index contributed by atoms with van der Waals surface area (Å²) in [5.41, 5.74) is 2.73. The zero-order valence-corrected chi connectivity index (χ0v) is 17.2. The van der Waals surface area contributed by atoms with Gasteiger partial charge < -0.3 is 10.4 Å². The maximum Gasteiger partial charge on any atom is 0.338 e. The highest BCUT2D eigenvalue weighted by Gasteiger charge is 2.15. The number of sulfone groups is 1. The smallest absolute Gasteiger partial charge is 0.338 e. The third kappa shape index (κ3) is 5.10. The van der Waals surface area contributed by atoms with Crippen LogP contribution in [0.25, 0.3) is 11.1 Å². The van der Waals surface area contributed by atoms with Gasteiger partial charge in [0.25, 0.3) is 0 Å². The van der Waals surface area contributed by atoms with Crippen molar-refractivity contribution >= 4 is 38.7 Å². The van der Waals surface area contributed by atoms with E-state index in [2.05, 4.69) is 5.32 Å². The van der Waals surface area contributed by atoms with Crippen LogP contribution in [0, 0.1) is 0 Å². The highest BCUT2D eigenvalue weighted by molar-refractivity contribution is 7.90. The molecule has 0 saturated heterocycles. The Hall–Kier alpha value is -2.97. The van der Waals surface area contributed by atoms with Gasteiger partial charge in [-0.15, -0.1) is 11.3 Å². The van der Waals surface area contributed by atoms with E-state index in [4.69, 9.17) is 5.11 Å². The van der Waals surface area contributed by atoms with Gasteiger partial charge >= 0.3 is 5.97 Å². The number of aromatic carboxylic acids is 1. The topological polar surface area (TPSA) is 101 Å². The van der Waals surface area contributed by atoms with E-state index in [1.165, 1.54) is 23.0 Å². The number of carboxylic acid groups (broad SMARTS) is 1. The molecule has 2 N–H and O–H groups in total. The van der Waals surface area contributed by atoms with E-state index >= 15 is 0 Å². The van der Waals surface area contributed by atoms with Crippen LogP contribution < -0.4 is 5.32 Å². The molecule has 1 heterocycles. The lowest BCUT2D eigenvalue weighted by atomic mass is 10.0. The number of nitrogens with one attached hydrogen (secondary N) is 1. The minimum Gasteiger partial charge on any atom is -0.478 e. The van der Waals surface area contributed by atoms with Gasteiger partial charge in [-0.05, 0) is 23.6 Å². The average Bonchev–Trinajstić information content (AvgIpc) is 3.14. The highest BCUT2D eigenvalue weighted by Crippen LogP contribution is 2.27. The van der Waals surface area contributed by atoms with Crippen LogP contribution in [0.4, 0.5) is 5.69 Å². The van der Waals surface area contributed by atoms with Crippen molar-refractivity contribution in [1.82, 2.24) is 0 Å². The predicted octanol–water partition coefficient (Wildman–Crippen LogP) is 4.09. The number of thiophene rings is 1. The first-order chi connectivity index (χ1) is 13.8. The molecule has 0 unspecified atom stereocenters. The van der Waals surface area contributed by atoms with Crippen LogP contribution in [0.1, 0.15) is 22.3 Å². The first-order valence-corrected chi connectivity index (χ1v) is 11.6. The fraction of sp³-hybridized carbons (Fsp3) is 0.143. The molecule has 3 aromatic rings. The van der Waals surface area contributed by atoms with Gasteiger partial charge in [0, 0.05) is 29.0 Å². The van der Waals surface area contributed by atoms with E-state index in [9.17, 15) is 18.0 Å². The number of carboxylic acids is 1. The molecule has 1 amide bonds. The van der Waals surface area contributed by atoms with Crippen LogP contribution in [-0.4, -0.2) is 31.7 Å². The standard InChI is InChI=1S/C21H19NO5S2/c1-29(26,27)19-5-3-2-4-16(19)15-9-6-14(7-10-15)8-11-20(23)22-18-13-28-12-17(18)21(24)25/h2-7,9-10,12-13H,8,11H2,1H3,(H,22,23)(H,24,25). The van der Waals surface area contributed by atoms with Gasteiger partial charge in [-0.1, -0.05) is 42.5 Å². The summed E-state index contributed by atoms with van der Waals surface area (Å²) in [5, 5.41) is 14.8. The lowest BCUT2D eigenvalue weighted by molar-refractivity contribution is -0.116.